The van der Waals surface area contributed by atoms with Crippen LogP contribution in [-0.2, 0) is 15.0 Å². The minimum atomic E-state index is -4.09. The van der Waals surface area contributed by atoms with Crippen molar-refractivity contribution in [2.45, 2.75) is 75.9 Å². The number of carbonyl (C=O) groups is 1. The summed E-state index contributed by atoms with van der Waals surface area (Å²) in [6, 6.07) is -1.14. The molecule has 3 rings (SSSR count). The zero-order valence-corrected chi connectivity index (χ0v) is 16.6. The molecule has 2 aliphatic carbocycles. The molecule has 0 bridgehead atoms. The van der Waals surface area contributed by atoms with Gasteiger partial charge in [0.05, 0.1) is 24.3 Å². The standard InChI is InChI=1S/C17H30FN3O5S/c1-17(2,24)5-6-19-11-4-3-10-7-13(22)16(15(18)12(10)8-11)21-9-14(23)20-27(21,25)26/h10-13,15-16,19,22,24H,3-9H2,1-2H3,(H,20,23). The summed E-state index contributed by atoms with van der Waals surface area (Å²) in [7, 11) is -4.09. The molecule has 1 heterocycles. The fraction of sp³-hybridized carbons (Fsp3) is 0.941. The molecule has 0 radical (unpaired) electrons. The molecule has 4 N–H and O–H groups in total. The molecule has 6 unspecified atom stereocenters. The summed E-state index contributed by atoms with van der Waals surface area (Å²) in [5.74, 6) is -1.06. The summed E-state index contributed by atoms with van der Waals surface area (Å²) in [6.07, 6.45) is 0.446. The van der Waals surface area contributed by atoms with E-state index in [0.717, 1.165) is 17.1 Å². The van der Waals surface area contributed by atoms with Crippen molar-refractivity contribution in [3.8, 4) is 0 Å². The second-order valence-corrected chi connectivity index (χ2v) is 10.4. The van der Waals surface area contributed by atoms with Crippen LogP contribution in [0.15, 0.2) is 0 Å². The SMILES string of the molecule is CC(C)(O)CCNC1CCC2CC(O)C(N3CC(=O)NS3(=O)=O)C(F)C2C1. The second kappa shape index (κ2) is 7.55. The van der Waals surface area contributed by atoms with Gasteiger partial charge in [0.15, 0.2) is 0 Å². The van der Waals surface area contributed by atoms with Crippen LogP contribution >= 0.6 is 0 Å². The Morgan fingerprint density at radius 3 is 2.63 bits per heavy atom. The largest absolute Gasteiger partial charge is 0.391 e. The van der Waals surface area contributed by atoms with E-state index in [0.29, 0.717) is 25.8 Å². The molecule has 0 aromatic rings. The van der Waals surface area contributed by atoms with Crippen LogP contribution in [0.1, 0.15) is 46.0 Å². The van der Waals surface area contributed by atoms with Crippen molar-refractivity contribution in [1.29, 1.82) is 0 Å². The Morgan fingerprint density at radius 1 is 1.33 bits per heavy atom. The van der Waals surface area contributed by atoms with E-state index in [1.165, 1.54) is 0 Å². The van der Waals surface area contributed by atoms with Crippen molar-refractivity contribution < 1.29 is 27.8 Å². The van der Waals surface area contributed by atoms with Crippen molar-refractivity contribution in [3.63, 3.8) is 0 Å². The number of hydrogen-bond acceptors (Lipinski definition) is 6. The third-order valence-electron chi connectivity index (χ3n) is 6.08. The van der Waals surface area contributed by atoms with Crippen molar-refractivity contribution in [2.24, 2.45) is 11.8 Å². The lowest BCUT2D eigenvalue weighted by Crippen LogP contribution is -2.59. The molecule has 6 atom stereocenters. The van der Waals surface area contributed by atoms with Crippen LogP contribution in [-0.4, -0.2) is 71.9 Å². The van der Waals surface area contributed by atoms with Gasteiger partial charge in [-0.25, -0.2) is 9.11 Å². The number of hydrogen-bond donors (Lipinski definition) is 4. The topological polar surface area (TPSA) is 119 Å². The number of carbonyl (C=O) groups excluding carboxylic acids is 1. The summed E-state index contributed by atoms with van der Waals surface area (Å²) < 4.78 is 42.2. The molecule has 1 amide bonds. The van der Waals surface area contributed by atoms with Gasteiger partial charge in [0.25, 0.3) is 0 Å². The maximum atomic E-state index is 15.4. The molecular weight excluding hydrogens is 377 g/mol. The molecule has 0 aromatic heterocycles. The molecule has 1 aliphatic heterocycles. The average Bonchev–Trinajstić information content (AvgIpc) is 2.79. The minimum absolute atomic E-state index is 0.00699. The number of aliphatic hydroxyl groups is 2. The lowest BCUT2D eigenvalue weighted by Gasteiger charge is -2.48. The van der Waals surface area contributed by atoms with Gasteiger partial charge in [0, 0.05) is 6.04 Å². The first-order chi connectivity index (χ1) is 12.5. The number of rotatable bonds is 5. The zero-order chi connectivity index (χ0) is 20.0. The van der Waals surface area contributed by atoms with Crippen LogP contribution in [0, 0.1) is 11.8 Å². The average molecular weight is 408 g/mol. The van der Waals surface area contributed by atoms with E-state index in [4.69, 9.17) is 0 Å². The van der Waals surface area contributed by atoms with Crippen molar-refractivity contribution in [3.05, 3.63) is 0 Å². The Labute approximate surface area is 159 Å². The van der Waals surface area contributed by atoms with Crippen molar-refractivity contribution in [2.75, 3.05) is 13.1 Å². The number of halogens is 1. The molecule has 1 saturated heterocycles. The number of nitrogens with zero attached hydrogens (tertiary/aromatic N) is 1. The van der Waals surface area contributed by atoms with Gasteiger partial charge in [-0.2, -0.15) is 12.7 Å². The second-order valence-electron chi connectivity index (χ2n) is 8.76. The smallest absolute Gasteiger partial charge is 0.304 e. The van der Waals surface area contributed by atoms with Gasteiger partial charge >= 0.3 is 10.2 Å². The van der Waals surface area contributed by atoms with Crippen LogP contribution in [0.3, 0.4) is 0 Å². The summed E-state index contributed by atoms with van der Waals surface area (Å²) in [4.78, 5) is 11.5. The van der Waals surface area contributed by atoms with Gasteiger partial charge in [0.1, 0.15) is 6.17 Å². The number of nitrogens with one attached hydrogen (secondary N) is 2. The van der Waals surface area contributed by atoms with Gasteiger partial charge < -0.3 is 15.5 Å². The third kappa shape index (κ3) is 4.61. The number of amides is 1. The molecule has 3 fully saturated rings. The van der Waals surface area contributed by atoms with Crippen molar-refractivity contribution >= 4 is 16.1 Å². The van der Waals surface area contributed by atoms with E-state index in [1.54, 1.807) is 13.8 Å². The van der Waals surface area contributed by atoms with Crippen LogP contribution in [0.2, 0.25) is 0 Å². The summed E-state index contributed by atoms with van der Waals surface area (Å²) in [6.45, 7) is 3.65. The van der Waals surface area contributed by atoms with Crippen LogP contribution in [0.4, 0.5) is 4.39 Å². The number of alkyl halides is 1. The highest BCUT2D eigenvalue weighted by Crippen LogP contribution is 2.44. The predicted octanol–water partition coefficient (Wildman–Crippen LogP) is -0.330. The van der Waals surface area contributed by atoms with Gasteiger partial charge in [-0.05, 0) is 64.3 Å². The van der Waals surface area contributed by atoms with E-state index in [-0.39, 0.29) is 17.9 Å². The molecule has 3 aliphatic rings. The fourth-order valence-corrected chi connectivity index (χ4v) is 6.05. The third-order valence-corrected chi connectivity index (χ3v) is 7.55. The Kier molecular flexibility index (Phi) is 5.85. The highest BCUT2D eigenvalue weighted by Gasteiger charge is 2.53. The van der Waals surface area contributed by atoms with Gasteiger partial charge in [-0.1, -0.05) is 0 Å². The fourth-order valence-electron chi connectivity index (χ4n) is 4.71. The van der Waals surface area contributed by atoms with E-state index in [9.17, 15) is 23.4 Å². The Bertz CT molecular complexity index is 668. The number of fused-ring (bicyclic) bond motifs is 1. The van der Waals surface area contributed by atoms with Crippen LogP contribution in [0.5, 0.6) is 0 Å². The van der Waals surface area contributed by atoms with E-state index < -0.39 is 46.6 Å². The normalized spacial score (nSPS) is 39.8. The Hall–Kier alpha value is -0.810. The minimum Gasteiger partial charge on any atom is -0.391 e. The molecule has 0 aromatic carbocycles. The zero-order valence-electron chi connectivity index (χ0n) is 15.8. The van der Waals surface area contributed by atoms with E-state index in [1.807, 2.05) is 4.72 Å². The van der Waals surface area contributed by atoms with E-state index >= 15 is 4.39 Å². The van der Waals surface area contributed by atoms with Gasteiger partial charge in [-0.15, -0.1) is 0 Å². The predicted molar refractivity (Wildman–Crippen MR) is 96.6 cm³/mol. The summed E-state index contributed by atoms with van der Waals surface area (Å²) in [5.41, 5.74) is -0.767. The summed E-state index contributed by atoms with van der Waals surface area (Å²) >= 11 is 0. The molecule has 0 spiro atoms. The Balaban J connectivity index is 1.67. The monoisotopic (exact) mass is 407 g/mol. The molecule has 2 saturated carbocycles. The molecular formula is C17H30FN3O5S. The summed E-state index contributed by atoms with van der Waals surface area (Å²) in [5, 5.41) is 23.6. The van der Waals surface area contributed by atoms with Crippen LogP contribution in [0.25, 0.3) is 0 Å². The quantitative estimate of drug-likeness (QED) is 0.496. The maximum absolute atomic E-state index is 15.4. The molecule has 156 valence electrons. The Morgan fingerprint density at radius 2 is 2.04 bits per heavy atom. The molecule has 10 heteroatoms. The van der Waals surface area contributed by atoms with Gasteiger partial charge in [-0.3, -0.25) is 4.79 Å². The lowest BCUT2D eigenvalue weighted by molar-refractivity contribution is -0.119. The van der Waals surface area contributed by atoms with Crippen molar-refractivity contribution in [1.82, 2.24) is 14.3 Å². The molecule has 8 nitrogen and oxygen atoms in total. The van der Waals surface area contributed by atoms with E-state index in [2.05, 4.69) is 5.32 Å². The first kappa shape index (κ1) is 20.9. The highest BCUT2D eigenvalue weighted by atomic mass is 32.2. The van der Waals surface area contributed by atoms with Gasteiger partial charge in [0.2, 0.25) is 5.91 Å². The van der Waals surface area contributed by atoms with Crippen LogP contribution < -0.4 is 10.0 Å². The highest BCUT2D eigenvalue weighted by molar-refractivity contribution is 7.88. The first-order valence-electron chi connectivity index (χ1n) is 9.58. The number of aliphatic hydroxyl groups excluding tert-OH is 1. The first-order valence-corrected chi connectivity index (χ1v) is 11.0. The molecule has 27 heavy (non-hydrogen) atoms. The lowest BCUT2D eigenvalue weighted by atomic mass is 9.66. The maximum Gasteiger partial charge on any atom is 0.304 e.